The zero-order valence-electron chi connectivity index (χ0n) is 10.7. The van der Waals surface area contributed by atoms with E-state index >= 15 is 0 Å². The molecule has 6 heteroatoms. The molecule has 1 saturated heterocycles. The number of nitrogen functional groups attached to an aromatic ring is 1. The summed E-state index contributed by atoms with van der Waals surface area (Å²) < 4.78 is 32.4. The van der Waals surface area contributed by atoms with Crippen molar-refractivity contribution in [2.24, 2.45) is 5.92 Å². The van der Waals surface area contributed by atoms with Gasteiger partial charge in [0.1, 0.15) is 5.69 Å². The van der Waals surface area contributed by atoms with Crippen LogP contribution < -0.4 is 10.6 Å². The second-order valence-electron chi connectivity index (χ2n) is 4.74. The molecule has 1 atom stereocenters. The number of hydrogen-bond donors (Lipinski definition) is 1. The summed E-state index contributed by atoms with van der Waals surface area (Å²) in [6, 6.07) is 2.22. The maximum absolute atomic E-state index is 13.8. The van der Waals surface area contributed by atoms with E-state index in [1.54, 1.807) is 4.90 Å². The lowest BCUT2D eigenvalue weighted by atomic mass is 10.1. The zero-order valence-corrected chi connectivity index (χ0v) is 10.7. The SMILES string of the molecule is CC(=O)OC[C@@H]1CCN(c2c(F)cc(N)cc2F)C1. The summed E-state index contributed by atoms with van der Waals surface area (Å²) in [5.74, 6) is -1.57. The molecule has 1 heterocycles. The normalized spacial score (nSPS) is 18.7. The molecule has 0 aliphatic carbocycles. The van der Waals surface area contributed by atoms with Crippen LogP contribution >= 0.6 is 0 Å². The molecule has 1 aromatic carbocycles. The number of anilines is 2. The smallest absolute Gasteiger partial charge is 0.302 e. The van der Waals surface area contributed by atoms with Gasteiger partial charge in [-0.1, -0.05) is 0 Å². The Balaban J connectivity index is 2.07. The first-order chi connectivity index (χ1) is 8.97. The Hall–Kier alpha value is -1.85. The molecule has 0 unspecified atom stereocenters. The Bertz CT molecular complexity index is 471. The topological polar surface area (TPSA) is 55.6 Å². The lowest BCUT2D eigenvalue weighted by Crippen LogP contribution is -2.23. The fraction of sp³-hybridized carbons (Fsp3) is 0.462. The van der Waals surface area contributed by atoms with Gasteiger partial charge >= 0.3 is 5.97 Å². The van der Waals surface area contributed by atoms with Crippen molar-refractivity contribution in [2.45, 2.75) is 13.3 Å². The third-order valence-corrected chi connectivity index (χ3v) is 3.16. The molecule has 2 N–H and O–H groups in total. The second kappa shape index (κ2) is 5.42. The number of hydrogen-bond acceptors (Lipinski definition) is 4. The monoisotopic (exact) mass is 270 g/mol. The van der Waals surface area contributed by atoms with Gasteiger partial charge in [0, 0.05) is 31.6 Å². The van der Waals surface area contributed by atoms with Crippen molar-refractivity contribution in [3.05, 3.63) is 23.8 Å². The molecule has 1 aromatic rings. The van der Waals surface area contributed by atoms with Crippen molar-refractivity contribution in [2.75, 3.05) is 30.3 Å². The van der Waals surface area contributed by atoms with Crippen molar-refractivity contribution < 1.29 is 18.3 Å². The van der Waals surface area contributed by atoms with E-state index in [2.05, 4.69) is 0 Å². The molecule has 1 aliphatic heterocycles. The van der Waals surface area contributed by atoms with E-state index in [-0.39, 0.29) is 29.9 Å². The average Bonchev–Trinajstić information content (AvgIpc) is 2.73. The second-order valence-corrected chi connectivity index (χ2v) is 4.74. The average molecular weight is 270 g/mol. The molecule has 0 bridgehead atoms. The number of carbonyl (C=O) groups excluding carboxylic acids is 1. The summed E-state index contributed by atoms with van der Waals surface area (Å²) >= 11 is 0. The van der Waals surface area contributed by atoms with Gasteiger partial charge in [-0.15, -0.1) is 0 Å². The highest BCUT2D eigenvalue weighted by molar-refractivity contribution is 5.65. The van der Waals surface area contributed by atoms with Gasteiger partial charge in [-0.05, 0) is 18.6 Å². The van der Waals surface area contributed by atoms with E-state index in [1.165, 1.54) is 6.92 Å². The first-order valence-electron chi connectivity index (χ1n) is 6.10. The lowest BCUT2D eigenvalue weighted by molar-refractivity contribution is -0.142. The lowest BCUT2D eigenvalue weighted by Gasteiger charge is -2.20. The van der Waals surface area contributed by atoms with E-state index in [0.29, 0.717) is 13.1 Å². The van der Waals surface area contributed by atoms with Gasteiger partial charge in [-0.25, -0.2) is 8.78 Å². The van der Waals surface area contributed by atoms with E-state index in [4.69, 9.17) is 10.5 Å². The highest BCUT2D eigenvalue weighted by Crippen LogP contribution is 2.30. The molecule has 0 aromatic heterocycles. The van der Waals surface area contributed by atoms with Gasteiger partial charge in [0.05, 0.1) is 6.61 Å². The molecule has 104 valence electrons. The molecule has 1 fully saturated rings. The predicted octanol–water partition coefficient (Wildman–Crippen LogP) is 1.94. The van der Waals surface area contributed by atoms with Crippen LogP contribution in [0.5, 0.6) is 0 Å². The van der Waals surface area contributed by atoms with Gasteiger partial charge in [-0.2, -0.15) is 0 Å². The number of ether oxygens (including phenoxy) is 1. The number of carbonyl (C=O) groups is 1. The van der Waals surface area contributed by atoms with Crippen molar-refractivity contribution in [1.82, 2.24) is 0 Å². The number of rotatable bonds is 3. The van der Waals surface area contributed by atoms with Crippen molar-refractivity contribution in [3.63, 3.8) is 0 Å². The summed E-state index contributed by atoms with van der Waals surface area (Å²) in [7, 11) is 0. The van der Waals surface area contributed by atoms with Crippen molar-refractivity contribution in [1.29, 1.82) is 0 Å². The number of halogens is 2. The molecule has 0 spiro atoms. The fourth-order valence-electron chi connectivity index (χ4n) is 2.29. The number of nitrogens with two attached hydrogens (primary N) is 1. The third-order valence-electron chi connectivity index (χ3n) is 3.16. The van der Waals surface area contributed by atoms with Crippen molar-refractivity contribution >= 4 is 17.3 Å². The summed E-state index contributed by atoms with van der Waals surface area (Å²) in [6.07, 6.45) is 0.733. The van der Waals surface area contributed by atoms with Crippen LogP contribution in [0.25, 0.3) is 0 Å². The van der Waals surface area contributed by atoms with Crippen LogP contribution in [-0.2, 0) is 9.53 Å². The van der Waals surface area contributed by atoms with Crippen LogP contribution in [0, 0.1) is 17.6 Å². The Labute approximate surface area is 110 Å². The first-order valence-corrected chi connectivity index (χ1v) is 6.10. The van der Waals surface area contributed by atoms with Crippen LogP contribution in [0.15, 0.2) is 12.1 Å². The number of nitrogens with zero attached hydrogens (tertiary/aromatic N) is 1. The fourth-order valence-corrected chi connectivity index (χ4v) is 2.29. The molecule has 1 aliphatic rings. The van der Waals surface area contributed by atoms with Crippen molar-refractivity contribution in [3.8, 4) is 0 Å². The van der Waals surface area contributed by atoms with E-state index < -0.39 is 11.6 Å². The van der Waals surface area contributed by atoms with Crippen LogP contribution in [0.4, 0.5) is 20.2 Å². The highest BCUT2D eigenvalue weighted by atomic mass is 19.1. The largest absolute Gasteiger partial charge is 0.466 e. The minimum absolute atomic E-state index is 0.0560. The molecular formula is C13H16F2N2O2. The third kappa shape index (κ3) is 3.13. The molecule has 0 amide bonds. The molecule has 0 radical (unpaired) electrons. The van der Waals surface area contributed by atoms with Crippen LogP contribution in [0.3, 0.4) is 0 Å². The summed E-state index contributed by atoms with van der Waals surface area (Å²) in [5, 5.41) is 0. The quantitative estimate of drug-likeness (QED) is 0.673. The molecular weight excluding hydrogens is 254 g/mol. The van der Waals surface area contributed by atoms with Crippen LogP contribution in [0.1, 0.15) is 13.3 Å². The van der Waals surface area contributed by atoms with E-state index in [1.807, 2.05) is 0 Å². The van der Waals surface area contributed by atoms with Crippen LogP contribution in [0.2, 0.25) is 0 Å². The van der Waals surface area contributed by atoms with E-state index in [0.717, 1.165) is 18.6 Å². The number of esters is 1. The Kier molecular flexibility index (Phi) is 3.87. The van der Waals surface area contributed by atoms with Crippen LogP contribution in [-0.4, -0.2) is 25.7 Å². The molecule has 19 heavy (non-hydrogen) atoms. The minimum atomic E-state index is -0.661. The maximum atomic E-state index is 13.8. The molecule has 2 rings (SSSR count). The van der Waals surface area contributed by atoms with Gasteiger partial charge < -0.3 is 15.4 Å². The number of benzene rings is 1. The standard InChI is InChI=1S/C13H16F2N2O2/c1-8(18)19-7-9-2-3-17(6-9)13-11(14)4-10(16)5-12(13)15/h4-5,9H,2-3,6-7,16H2,1H3/t9-/m1/s1. The summed E-state index contributed by atoms with van der Waals surface area (Å²) in [6.45, 7) is 2.62. The Morgan fingerprint density at radius 2 is 2.11 bits per heavy atom. The molecule has 0 saturated carbocycles. The van der Waals surface area contributed by atoms with Gasteiger partial charge in [0.2, 0.25) is 0 Å². The van der Waals surface area contributed by atoms with Gasteiger partial charge in [-0.3, -0.25) is 4.79 Å². The van der Waals surface area contributed by atoms with Gasteiger partial charge in [0.15, 0.2) is 11.6 Å². The minimum Gasteiger partial charge on any atom is -0.466 e. The predicted molar refractivity (Wildman–Crippen MR) is 67.7 cm³/mol. The Morgan fingerprint density at radius 1 is 1.47 bits per heavy atom. The maximum Gasteiger partial charge on any atom is 0.302 e. The molecule has 4 nitrogen and oxygen atoms in total. The summed E-state index contributed by atoms with van der Waals surface area (Å²) in [4.78, 5) is 12.4. The summed E-state index contributed by atoms with van der Waals surface area (Å²) in [5.41, 5.74) is 5.39. The zero-order chi connectivity index (χ0) is 14.0. The Morgan fingerprint density at radius 3 is 2.68 bits per heavy atom. The van der Waals surface area contributed by atoms with E-state index in [9.17, 15) is 13.6 Å². The van der Waals surface area contributed by atoms with Gasteiger partial charge in [0.25, 0.3) is 0 Å². The highest BCUT2D eigenvalue weighted by Gasteiger charge is 2.27. The first kappa shape index (κ1) is 13.6.